The number of fused-ring (bicyclic) bond motifs is 1. The van der Waals surface area contributed by atoms with Crippen LogP contribution in [0.4, 0.5) is 24.8 Å². The number of methoxy groups -OCH3 is 2. The lowest BCUT2D eigenvalue weighted by molar-refractivity contribution is -0.139. The van der Waals surface area contributed by atoms with Crippen LogP contribution in [0.3, 0.4) is 0 Å². The van der Waals surface area contributed by atoms with E-state index in [-0.39, 0.29) is 40.1 Å². The van der Waals surface area contributed by atoms with Gasteiger partial charge in [0.15, 0.2) is 11.5 Å². The lowest BCUT2D eigenvalue weighted by Crippen LogP contribution is -2.17. The molecule has 0 aliphatic rings. The SMILES string of the molecule is CCc1cn(CC(F)(F)F)c2c(Oc3c(OC)cc(/C=C/C#N)cc3OC)nc(Nc3ccc(C#N)cc3)nc12. The number of anilines is 2. The number of ether oxygens (including phenoxy) is 3. The topological polar surface area (TPSA) is 118 Å². The van der Waals surface area contributed by atoms with E-state index in [1.807, 2.05) is 19.1 Å². The zero-order valence-corrected chi connectivity index (χ0v) is 21.7. The second-order valence-electron chi connectivity index (χ2n) is 8.43. The number of hydrogen-bond acceptors (Lipinski definition) is 8. The minimum absolute atomic E-state index is 0.0390. The fourth-order valence-corrected chi connectivity index (χ4v) is 4.02. The number of alkyl halides is 3. The zero-order valence-electron chi connectivity index (χ0n) is 21.7. The van der Waals surface area contributed by atoms with Crippen LogP contribution in [0.25, 0.3) is 17.1 Å². The van der Waals surface area contributed by atoms with E-state index in [9.17, 15) is 13.2 Å². The summed E-state index contributed by atoms with van der Waals surface area (Å²) in [6, 6.07) is 13.6. The fraction of sp³-hybridized carbons (Fsp3) is 0.214. The second kappa shape index (κ2) is 11.7. The number of benzene rings is 2. The third kappa shape index (κ3) is 6.08. The van der Waals surface area contributed by atoms with E-state index >= 15 is 0 Å². The molecular weight excluding hydrogens is 525 g/mol. The molecule has 0 saturated carbocycles. The van der Waals surface area contributed by atoms with Gasteiger partial charge in [0, 0.05) is 18.0 Å². The molecule has 12 heteroatoms. The molecule has 4 rings (SSSR count). The summed E-state index contributed by atoms with van der Waals surface area (Å²) < 4.78 is 58.8. The Kier molecular flexibility index (Phi) is 8.10. The van der Waals surface area contributed by atoms with Crippen molar-refractivity contribution in [2.24, 2.45) is 0 Å². The second-order valence-corrected chi connectivity index (χ2v) is 8.43. The summed E-state index contributed by atoms with van der Waals surface area (Å²) in [4.78, 5) is 8.94. The van der Waals surface area contributed by atoms with Crippen LogP contribution in [0, 0.1) is 22.7 Å². The Morgan fingerprint density at radius 2 is 1.73 bits per heavy atom. The van der Waals surface area contributed by atoms with Crippen LogP contribution < -0.4 is 19.5 Å². The first-order valence-corrected chi connectivity index (χ1v) is 11.9. The number of rotatable bonds is 9. The van der Waals surface area contributed by atoms with E-state index in [2.05, 4.69) is 15.3 Å². The molecule has 2 aromatic carbocycles. The van der Waals surface area contributed by atoms with E-state index in [0.29, 0.717) is 28.8 Å². The molecule has 2 aromatic heterocycles. The molecule has 4 aromatic rings. The highest BCUT2D eigenvalue weighted by atomic mass is 19.4. The van der Waals surface area contributed by atoms with E-state index in [1.54, 1.807) is 42.5 Å². The third-order valence-corrected chi connectivity index (χ3v) is 5.79. The largest absolute Gasteiger partial charge is 0.493 e. The highest BCUT2D eigenvalue weighted by Crippen LogP contribution is 2.43. The van der Waals surface area contributed by atoms with E-state index in [0.717, 1.165) is 4.57 Å². The lowest BCUT2D eigenvalue weighted by atomic mass is 10.1. The summed E-state index contributed by atoms with van der Waals surface area (Å²) in [5.41, 5.74) is 2.46. The van der Waals surface area contributed by atoms with Gasteiger partial charge in [0.2, 0.25) is 17.6 Å². The maximum atomic E-state index is 13.5. The van der Waals surface area contributed by atoms with Gasteiger partial charge in [0.25, 0.3) is 0 Å². The molecule has 9 nitrogen and oxygen atoms in total. The molecular formula is C28H23F3N6O3. The maximum Gasteiger partial charge on any atom is 0.406 e. The normalized spacial score (nSPS) is 11.3. The summed E-state index contributed by atoms with van der Waals surface area (Å²) in [5.74, 6) is 0.381. The minimum Gasteiger partial charge on any atom is -0.493 e. The average Bonchev–Trinajstić information content (AvgIpc) is 3.28. The molecule has 0 radical (unpaired) electrons. The van der Waals surface area contributed by atoms with Crippen molar-refractivity contribution in [3.05, 3.63) is 65.4 Å². The number of nitrogens with zero attached hydrogens (tertiary/aromatic N) is 5. The predicted molar refractivity (Wildman–Crippen MR) is 142 cm³/mol. The van der Waals surface area contributed by atoms with Gasteiger partial charge in [-0.3, -0.25) is 0 Å². The van der Waals surface area contributed by atoms with Crippen molar-refractivity contribution < 1.29 is 27.4 Å². The van der Waals surface area contributed by atoms with Gasteiger partial charge in [-0.15, -0.1) is 0 Å². The van der Waals surface area contributed by atoms with Crippen molar-refractivity contribution in [1.29, 1.82) is 10.5 Å². The molecule has 0 unspecified atom stereocenters. The molecule has 0 saturated heterocycles. The Labute approximate surface area is 227 Å². The van der Waals surface area contributed by atoms with Crippen molar-refractivity contribution in [3.8, 4) is 35.3 Å². The molecule has 204 valence electrons. The molecule has 0 bridgehead atoms. The van der Waals surface area contributed by atoms with Crippen LogP contribution in [0.15, 0.2) is 48.7 Å². The highest BCUT2D eigenvalue weighted by molar-refractivity contribution is 5.86. The third-order valence-electron chi connectivity index (χ3n) is 5.79. The van der Waals surface area contributed by atoms with Crippen LogP contribution in [0.1, 0.15) is 23.6 Å². The Morgan fingerprint density at radius 3 is 2.27 bits per heavy atom. The van der Waals surface area contributed by atoms with Gasteiger partial charge < -0.3 is 24.1 Å². The van der Waals surface area contributed by atoms with Crippen molar-refractivity contribution >= 4 is 28.7 Å². The van der Waals surface area contributed by atoms with E-state index in [1.165, 1.54) is 26.5 Å². The predicted octanol–water partition coefficient (Wildman–Crippen LogP) is 6.52. The molecule has 0 fully saturated rings. The summed E-state index contributed by atoms with van der Waals surface area (Å²) in [6.45, 7) is 0.528. The number of nitrogens with one attached hydrogen (secondary N) is 1. The van der Waals surface area contributed by atoms with Gasteiger partial charge in [-0.05, 0) is 60.0 Å². The number of aryl methyl sites for hydroxylation is 1. The quantitative estimate of drug-likeness (QED) is 0.235. The number of allylic oxidation sites excluding steroid dienone is 1. The first kappa shape index (κ1) is 27.8. The molecule has 2 heterocycles. The van der Waals surface area contributed by atoms with Gasteiger partial charge in [-0.2, -0.15) is 28.7 Å². The molecule has 0 amide bonds. The Morgan fingerprint density at radius 1 is 1.05 bits per heavy atom. The Hall–Kier alpha value is -5.23. The Bertz CT molecular complexity index is 1620. The van der Waals surface area contributed by atoms with Crippen LogP contribution in [0.5, 0.6) is 23.1 Å². The summed E-state index contributed by atoms with van der Waals surface area (Å²) >= 11 is 0. The number of halogens is 3. The van der Waals surface area contributed by atoms with Crippen molar-refractivity contribution in [1.82, 2.24) is 14.5 Å². The molecule has 0 aliphatic heterocycles. The average molecular weight is 549 g/mol. The summed E-state index contributed by atoms with van der Waals surface area (Å²) in [6.07, 6.45) is 0.0906. The first-order chi connectivity index (χ1) is 19.2. The smallest absolute Gasteiger partial charge is 0.406 e. The van der Waals surface area contributed by atoms with E-state index < -0.39 is 12.7 Å². The zero-order chi connectivity index (χ0) is 28.9. The first-order valence-electron chi connectivity index (χ1n) is 11.9. The van der Waals surface area contributed by atoms with Gasteiger partial charge >= 0.3 is 6.18 Å². The summed E-state index contributed by atoms with van der Waals surface area (Å²) in [7, 11) is 2.79. The van der Waals surface area contributed by atoms with E-state index in [4.69, 9.17) is 24.7 Å². The fourth-order valence-electron chi connectivity index (χ4n) is 4.02. The van der Waals surface area contributed by atoms with Crippen LogP contribution in [0.2, 0.25) is 0 Å². The summed E-state index contributed by atoms with van der Waals surface area (Å²) in [5, 5.41) is 21.0. The standard InChI is InChI=1S/C28H23F3N6O3/c1-4-19-15-37(16-28(29,30)31)24-23(19)35-27(34-20-9-7-17(14-33)8-10-20)36-26(24)40-25-21(38-2)12-18(6-5-11-32)13-22(25)39-3/h5-10,12-13,15H,4,16H2,1-3H3,(H,34,35,36)/b6-5+. The monoisotopic (exact) mass is 548 g/mol. The van der Waals surface area contributed by atoms with Gasteiger partial charge in [0.1, 0.15) is 17.6 Å². The molecule has 0 atom stereocenters. The van der Waals surface area contributed by atoms with Crippen LogP contribution in [-0.2, 0) is 13.0 Å². The molecule has 1 N–H and O–H groups in total. The van der Waals surface area contributed by atoms with Crippen molar-refractivity contribution in [2.45, 2.75) is 26.1 Å². The Balaban J connectivity index is 1.91. The van der Waals surface area contributed by atoms with Crippen molar-refractivity contribution in [3.63, 3.8) is 0 Å². The van der Waals surface area contributed by atoms with Gasteiger partial charge in [-0.25, -0.2) is 4.98 Å². The lowest BCUT2D eigenvalue weighted by Gasteiger charge is -2.17. The van der Waals surface area contributed by atoms with Crippen molar-refractivity contribution in [2.75, 3.05) is 19.5 Å². The molecule has 0 aliphatic carbocycles. The van der Waals surface area contributed by atoms with Gasteiger partial charge in [-0.1, -0.05) is 6.92 Å². The highest BCUT2D eigenvalue weighted by Gasteiger charge is 2.31. The number of hydrogen-bond donors (Lipinski definition) is 1. The van der Waals surface area contributed by atoms with Crippen LogP contribution >= 0.6 is 0 Å². The maximum absolute atomic E-state index is 13.5. The molecule has 0 spiro atoms. The molecule has 40 heavy (non-hydrogen) atoms. The van der Waals surface area contributed by atoms with Gasteiger partial charge in [0.05, 0.1) is 31.9 Å². The van der Waals surface area contributed by atoms with Crippen LogP contribution in [-0.4, -0.2) is 34.9 Å². The minimum atomic E-state index is -4.52. The number of nitriles is 2. The number of aromatic nitrogens is 3.